The Hall–Kier alpha value is -1.42. The summed E-state index contributed by atoms with van der Waals surface area (Å²) in [5.41, 5.74) is 0.848. The van der Waals surface area contributed by atoms with E-state index in [4.69, 9.17) is 5.11 Å². The maximum Gasteiger partial charge on any atom is 0.308 e. The lowest BCUT2D eigenvalue weighted by atomic mass is 9.79. The molecule has 3 atom stereocenters. The van der Waals surface area contributed by atoms with Gasteiger partial charge in [0.1, 0.15) is 5.82 Å². The third-order valence-electron chi connectivity index (χ3n) is 3.40. The number of hydrogen-bond acceptors (Lipinski definition) is 2. The van der Waals surface area contributed by atoms with Gasteiger partial charge < -0.3 is 10.4 Å². The Morgan fingerprint density at radius 1 is 1.53 bits per heavy atom. The molecule has 0 spiro atoms. The minimum atomic E-state index is -0.750. The van der Waals surface area contributed by atoms with Crippen molar-refractivity contribution in [1.29, 1.82) is 0 Å². The molecule has 92 valence electrons. The molecule has 0 aliphatic heterocycles. The van der Waals surface area contributed by atoms with Gasteiger partial charge in [-0.05, 0) is 37.5 Å². The van der Waals surface area contributed by atoms with Crippen LogP contribution in [0.25, 0.3) is 0 Å². The summed E-state index contributed by atoms with van der Waals surface area (Å²) in [6, 6.07) is 6.36. The van der Waals surface area contributed by atoms with Crippen molar-refractivity contribution in [3.63, 3.8) is 0 Å². The fourth-order valence-electron chi connectivity index (χ4n) is 2.19. The van der Waals surface area contributed by atoms with Crippen molar-refractivity contribution in [2.24, 2.45) is 5.92 Å². The summed E-state index contributed by atoms with van der Waals surface area (Å²) in [4.78, 5) is 10.9. The predicted octanol–water partition coefficient (Wildman–Crippen LogP) is 2.34. The molecule has 0 heterocycles. The van der Waals surface area contributed by atoms with E-state index in [0.29, 0.717) is 0 Å². The highest BCUT2D eigenvalue weighted by atomic mass is 19.1. The van der Waals surface area contributed by atoms with Gasteiger partial charge in [-0.3, -0.25) is 4.79 Å². The third kappa shape index (κ3) is 2.64. The molecule has 1 aliphatic rings. The quantitative estimate of drug-likeness (QED) is 0.845. The first-order valence-corrected chi connectivity index (χ1v) is 5.82. The van der Waals surface area contributed by atoms with Gasteiger partial charge in [0.15, 0.2) is 0 Å². The average Bonchev–Trinajstić information content (AvgIpc) is 2.23. The van der Waals surface area contributed by atoms with Crippen LogP contribution in [0.5, 0.6) is 0 Å². The zero-order chi connectivity index (χ0) is 12.4. The van der Waals surface area contributed by atoms with E-state index in [9.17, 15) is 9.18 Å². The Bertz CT molecular complexity index is 422. The second-order valence-electron chi connectivity index (χ2n) is 4.57. The number of rotatable bonds is 4. The molecule has 0 radical (unpaired) electrons. The SMILES string of the molecule is C[C@@H](NC1CCC1C(=O)O)c1cccc(F)c1. The maximum absolute atomic E-state index is 13.0. The van der Waals surface area contributed by atoms with Crippen molar-refractivity contribution in [2.75, 3.05) is 0 Å². The summed E-state index contributed by atoms with van der Waals surface area (Å²) >= 11 is 0. The Morgan fingerprint density at radius 3 is 2.82 bits per heavy atom. The van der Waals surface area contributed by atoms with Crippen molar-refractivity contribution in [3.8, 4) is 0 Å². The van der Waals surface area contributed by atoms with E-state index < -0.39 is 5.97 Å². The van der Waals surface area contributed by atoms with Gasteiger partial charge in [-0.15, -0.1) is 0 Å². The first-order chi connectivity index (χ1) is 8.08. The van der Waals surface area contributed by atoms with E-state index in [2.05, 4.69) is 5.32 Å². The first kappa shape index (κ1) is 12.0. The molecular formula is C13H16FNO2. The topological polar surface area (TPSA) is 49.3 Å². The van der Waals surface area contributed by atoms with Crippen LogP contribution in [-0.4, -0.2) is 17.1 Å². The van der Waals surface area contributed by atoms with Crippen molar-refractivity contribution in [2.45, 2.75) is 31.8 Å². The van der Waals surface area contributed by atoms with Crippen LogP contribution in [0.15, 0.2) is 24.3 Å². The van der Waals surface area contributed by atoms with Crippen LogP contribution in [-0.2, 0) is 4.79 Å². The van der Waals surface area contributed by atoms with E-state index in [0.717, 1.165) is 18.4 Å². The largest absolute Gasteiger partial charge is 0.481 e. The normalized spacial score (nSPS) is 25.1. The van der Waals surface area contributed by atoms with Crippen LogP contribution >= 0.6 is 0 Å². The van der Waals surface area contributed by atoms with Crippen molar-refractivity contribution < 1.29 is 14.3 Å². The Labute approximate surface area is 99.7 Å². The van der Waals surface area contributed by atoms with Crippen molar-refractivity contribution in [1.82, 2.24) is 5.32 Å². The van der Waals surface area contributed by atoms with Gasteiger partial charge >= 0.3 is 5.97 Å². The van der Waals surface area contributed by atoms with Gasteiger partial charge in [0.05, 0.1) is 5.92 Å². The Morgan fingerprint density at radius 2 is 2.29 bits per heavy atom. The van der Waals surface area contributed by atoms with Gasteiger partial charge in [-0.1, -0.05) is 12.1 Å². The summed E-state index contributed by atoms with van der Waals surface area (Å²) in [6.45, 7) is 1.92. The summed E-state index contributed by atoms with van der Waals surface area (Å²) in [5.74, 6) is -1.31. The third-order valence-corrected chi connectivity index (χ3v) is 3.40. The molecule has 1 fully saturated rings. The highest BCUT2D eigenvalue weighted by Gasteiger charge is 2.37. The fourth-order valence-corrected chi connectivity index (χ4v) is 2.19. The lowest BCUT2D eigenvalue weighted by molar-refractivity contribution is -0.146. The smallest absolute Gasteiger partial charge is 0.308 e. The monoisotopic (exact) mass is 237 g/mol. The van der Waals surface area contributed by atoms with Crippen molar-refractivity contribution >= 4 is 5.97 Å². The number of carboxylic acid groups (broad SMARTS) is 1. The van der Waals surface area contributed by atoms with E-state index in [-0.39, 0.29) is 23.8 Å². The highest BCUT2D eigenvalue weighted by molar-refractivity contribution is 5.72. The summed E-state index contributed by atoms with van der Waals surface area (Å²) < 4.78 is 13.0. The Balaban J connectivity index is 1.98. The van der Waals surface area contributed by atoms with Crippen LogP contribution in [0.2, 0.25) is 0 Å². The minimum Gasteiger partial charge on any atom is -0.481 e. The highest BCUT2D eigenvalue weighted by Crippen LogP contribution is 2.29. The molecular weight excluding hydrogens is 221 g/mol. The molecule has 0 aromatic heterocycles. The molecule has 1 aliphatic carbocycles. The standard InChI is InChI=1S/C13H16FNO2/c1-8(9-3-2-4-10(14)7-9)15-12-6-5-11(12)13(16)17/h2-4,7-8,11-12,15H,5-6H2,1H3,(H,16,17)/t8-,11?,12?/m1/s1. The molecule has 1 aromatic rings. The summed E-state index contributed by atoms with van der Waals surface area (Å²) in [7, 11) is 0. The Kier molecular flexibility index (Phi) is 3.43. The number of carbonyl (C=O) groups is 1. The summed E-state index contributed by atoms with van der Waals surface area (Å²) in [6.07, 6.45) is 1.60. The van der Waals surface area contributed by atoms with Crippen molar-refractivity contribution in [3.05, 3.63) is 35.6 Å². The summed E-state index contributed by atoms with van der Waals surface area (Å²) in [5, 5.41) is 12.2. The van der Waals surface area contributed by atoms with Crippen LogP contribution < -0.4 is 5.32 Å². The van der Waals surface area contributed by atoms with Crippen LogP contribution in [0.3, 0.4) is 0 Å². The van der Waals surface area contributed by atoms with Gasteiger partial charge in [0, 0.05) is 12.1 Å². The second kappa shape index (κ2) is 4.84. The molecule has 1 saturated carbocycles. The fraction of sp³-hybridized carbons (Fsp3) is 0.462. The van der Waals surface area contributed by atoms with Gasteiger partial charge in [-0.2, -0.15) is 0 Å². The molecule has 3 nitrogen and oxygen atoms in total. The molecule has 1 aromatic carbocycles. The van der Waals surface area contributed by atoms with Crippen LogP contribution in [0.1, 0.15) is 31.4 Å². The zero-order valence-electron chi connectivity index (χ0n) is 9.69. The zero-order valence-corrected chi connectivity index (χ0v) is 9.69. The number of benzene rings is 1. The number of aliphatic carboxylic acids is 1. The average molecular weight is 237 g/mol. The van der Waals surface area contributed by atoms with E-state index >= 15 is 0 Å². The lowest BCUT2D eigenvalue weighted by Crippen LogP contribution is -2.48. The molecule has 2 unspecified atom stereocenters. The number of nitrogens with one attached hydrogen (secondary N) is 1. The van der Waals surface area contributed by atoms with E-state index in [1.165, 1.54) is 12.1 Å². The molecule has 0 amide bonds. The lowest BCUT2D eigenvalue weighted by Gasteiger charge is -2.36. The number of hydrogen-bond donors (Lipinski definition) is 2. The maximum atomic E-state index is 13.0. The van der Waals surface area contributed by atoms with Gasteiger partial charge in [0.25, 0.3) is 0 Å². The molecule has 4 heteroatoms. The number of halogens is 1. The van der Waals surface area contributed by atoms with Gasteiger partial charge in [-0.25, -0.2) is 4.39 Å². The molecule has 17 heavy (non-hydrogen) atoms. The molecule has 0 saturated heterocycles. The van der Waals surface area contributed by atoms with Gasteiger partial charge in [0.2, 0.25) is 0 Å². The van der Waals surface area contributed by atoms with E-state index in [1.807, 2.05) is 13.0 Å². The first-order valence-electron chi connectivity index (χ1n) is 5.82. The van der Waals surface area contributed by atoms with Crippen LogP contribution in [0.4, 0.5) is 4.39 Å². The van der Waals surface area contributed by atoms with E-state index in [1.54, 1.807) is 6.07 Å². The minimum absolute atomic E-state index is 0.00534. The number of carboxylic acids is 1. The predicted molar refractivity (Wildman–Crippen MR) is 62.1 cm³/mol. The molecule has 0 bridgehead atoms. The second-order valence-corrected chi connectivity index (χ2v) is 4.57. The molecule has 2 N–H and O–H groups in total. The molecule has 2 rings (SSSR count). The van der Waals surface area contributed by atoms with Crippen LogP contribution in [0, 0.1) is 11.7 Å².